The molecule has 3 heterocycles. The van der Waals surface area contributed by atoms with Gasteiger partial charge in [-0.05, 0) is 32.8 Å². The molecule has 8 heteroatoms. The van der Waals surface area contributed by atoms with E-state index in [0.29, 0.717) is 26.2 Å². The van der Waals surface area contributed by atoms with Crippen molar-refractivity contribution in [2.75, 3.05) is 26.2 Å². The van der Waals surface area contributed by atoms with Crippen molar-refractivity contribution in [3.8, 4) is 0 Å². The first-order valence-electron chi connectivity index (χ1n) is 10.9. The number of aliphatic imine (C=N–C) groups is 1. The van der Waals surface area contributed by atoms with Crippen molar-refractivity contribution in [3.05, 3.63) is 52.0 Å². The average molecular weight is 442 g/mol. The lowest BCUT2D eigenvalue weighted by Crippen LogP contribution is -2.57. The SMILES string of the molecule is CC(C)(C)OC(=O)N1CCN2C(NCc3csc(CCc4ccccc4)n3)=NCC2C1. The maximum Gasteiger partial charge on any atom is 0.410 e. The van der Waals surface area contributed by atoms with Gasteiger partial charge in [-0.1, -0.05) is 30.3 Å². The molecule has 2 aliphatic rings. The number of thiazole rings is 1. The lowest BCUT2D eigenvalue weighted by Gasteiger charge is -2.39. The zero-order valence-electron chi connectivity index (χ0n) is 18.5. The van der Waals surface area contributed by atoms with Gasteiger partial charge in [-0.3, -0.25) is 4.99 Å². The van der Waals surface area contributed by atoms with Crippen LogP contribution in [-0.2, 0) is 24.1 Å². The summed E-state index contributed by atoms with van der Waals surface area (Å²) in [7, 11) is 0. The molecule has 166 valence electrons. The van der Waals surface area contributed by atoms with Gasteiger partial charge >= 0.3 is 6.09 Å². The molecule has 2 aromatic rings. The normalized spacial score (nSPS) is 18.5. The quantitative estimate of drug-likeness (QED) is 0.771. The number of guanidine groups is 1. The summed E-state index contributed by atoms with van der Waals surface area (Å²) in [6.45, 7) is 9.10. The molecule has 0 saturated carbocycles. The Morgan fingerprint density at radius 3 is 2.81 bits per heavy atom. The maximum atomic E-state index is 12.4. The van der Waals surface area contributed by atoms with Crippen LogP contribution >= 0.6 is 11.3 Å². The first-order valence-corrected chi connectivity index (χ1v) is 11.8. The monoisotopic (exact) mass is 441 g/mol. The van der Waals surface area contributed by atoms with E-state index in [9.17, 15) is 4.79 Å². The molecule has 7 nitrogen and oxygen atoms in total. The number of carbonyl (C=O) groups excluding carboxylic acids is 1. The third-order valence-electron chi connectivity index (χ3n) is 5.36. The summed E-state index contributed by atoms with van der Waals surface area (Å²) in [5, 5.41) is 6.74. The zero-order chi connectivity index (χ0) is 21.8. The van der Waals surface area contributed by atoms with Gasteiger partial charge in [0.2, 0.25) is 0 Å². The molecular weight excluding hydrogens is 410 g/mol. The maximum absolute atomic E-state index is 12.4. The van der Waals surface area contributed by atoms with Gasteiger partial charge in [0.25, 0.3) is 0 Å². The van der Waals surface area contributed by atoms with Gasteiger partial charge in [0.05, 0.1) is 29.8 Å². The van der Waals surface area contributed by atoms with Crippen molar-refractivity contribution in [1.29, 1.82) is 0 Å². The average Bonchev–Trinajstić information content (AvgIpc) is 3.36. The number of piperazine rings is 1. The second kappa shape index (κ2) is 9.26. The molecule has 2 aliphatic heterocycles. The minimum atomic E-state index is -0.472. The summed E-state index contributed by atoms with van der Waals surface area (Å²) >= 11 is 1.72. The Bertz CT molecular complexity index is 922. The van der Waals surface area contributed by atoms with E-state index in [1.54, 1.807) is 16.2 Å². The number of amides is 1. The number of aryl methyl sites for hydroxylation is 2. The summed E-state index contributed by atoms with van der Waals surface area (Å²) in [6.07, 6.45) is 1.74. The van der Waals surface area contributed by atoms with E-state index in [-0.39, 0.29) is 12.1 Å². The lowest BCUT2D eigenvalue weighted by molar-refractivity contribution is 0.0137. The molecule has 0 spiro atoms. The number of rotatable bonds is 5. The van der Waals surface area contributed by atoms with Crippen LogP contribution in [0.4, 0.5) is 4.79 Å². The number of fused-ring (bicyclic) bond motifs is 1. The number of hydrogen-bond acceptors (Lipinski definition) is 7. The smallest absolute Gasteiger partial charge is 0.410 e. The van der Waals surface area contributed by atoms with E-state index in [1.165, 1.54) is 5.56 Å². The van der Waals surface area contributed by atoms with E-state index in [1.807, 2.05) is 26.8 Å². The summed E-state index contributed by atoms with van der Waals surface area (Å²) in [6, 6.07) is 10.7. The Labute approximate surface area is 188 Å². The molecule has 1 fully saturated rings. The van der Waals surface area contributed by atoms with E-state index in [2.05, 4.69) is 44.9 Å². The highest BCUT2D eigenvalue weighted by Crippen LogP contribution is 2.19. The van der Waals surface area contributed by atoms with Crippen LogP contribution < -0.4 is 5.32 Å². The van der Waals surface area contributed by atoms with Gasteiger partial charge in [0.1, 0.15) is 5.60 Å². The molecule has 1 amide bonds. The van der Waals surface area contributed by atoms with Crippen molar-refractivity contribution in [3.63, 3.8) is 0 Å². The second-order valence-corrected chi connectivity index (χ2v) is 9.95. The molecule has 0 radical (unpaired) electrons. The van der Waals surface area contributed by atoms with E-state index in [4.69, 9.17) is 9.72 Å². The van der Waals surface area contributed by atoms with Crippen LogP contribution in [0.5, 0.6) is 0 Å². The Kier molecular flexibility index (Phi) is 6.46. The fraction of sp³-hybridized carbons (Fsp3) is 0.522. The highest BCUT2D eigenvalue weighted by Gasteiger charge is 2.36. The predicted octanol–water partition coefficient (Wildman–Crippen LogP) is 3.31. The topological polar surface area (TPSA) is 70.1 Å². The molecule has 1 unspecified atom stereocenters. The van der Waals surface area contributed by atoms with Crippen molar-refractivity contribution >= 4 is 23.4 Å². The third kappa shape index (κ3) is 5.76. The number of aromatic nitrogens is 1. The molecule has 1 aromatic carbocycles. The molecule has 4 rings (SSSR count). The van der Waals surface area contributed by atoms with Crippen molar-refractivity contribution < 1.29 is 9.53 Å². The molecule has 31 heavy (non-hydrogen) atoms. The van der Waals surface area contributed by atoms with E-state index < -0.39 is 5.60 Å². The minimum Gasteiger partial charge on any atom is -0.444 e. The summed E-state index contributed by atoms with van der Waals surface area (Å²) in [4.78, 5) is 25.9. The molecule has 1 atom stereocenters. The van der Waals surface area contributed by atoms with Gasteiger partial charge in [-0.25, -0.2) is 9.78 Å². The van der Waals surface area contributed by atoms with Gasteiger partial charge in [0.15, 0.2) is 5.96 Å². The highest BCUT2D eigenvalue weighted by molar-refractivity contribution is 7.09. The predicted molar refractivity (Wildman–Crippen MR) is 123 cm³/mol. The van der Waals surface area contributed by atoms with Crippen LogP contribution in [-0.4, -0.2) is 64.7 Å². The number of benzene rings is 1. The Morgan fingerprint density at radius 2 is 2.03 bits per heavy atom. The lowest BCUT2D eigenvalue weighted by atomic mass is 10.1. The highest BCUT2D eigenvalue weighted by atomic mass is 32.1. The number of carbonyl (C=O) groups is 1. The number of hydrogen-bond donors (Lipinski definition) is 1. The first kappa shape index (κ1) is 21.6. The molecule has 1 N–H and O–H groups in total. The Hall–Kier alpha value is -2.61. The molecule has 0 bridgehead atoms. The van der Waals surface area contributed by atoms with Gasteiger partial charge < -0.3 is 19.9 Å². The first-order chi connectivity index (χ1) is 14.9. The van der Waals surface area contributed by atoms with Crippen LogP contribution in [0.1, 0.15) is 37.0 Å². The van der Waals surface area contributed by atoms with Gasteiger partial charge in [-0.2, -0.15) is 0 Å². The summed E-state index contributed by atoms with van der Waals surface area (Å²) in [5.41, 5.74) is 1.92. The standard InChI is InChI=1S/C23H31N5O2S/c1-23(2,3)30-22(29)27-11-12-28-19(15-27)14-25-21(28)24-13-18-16-31-20(26-18)10-9-17-7-5-4-6-8-17/h4-8,16,19H,9-15H2,1-3H3,(H,24,25). The van der Waals surface area contributed by atoms with Crippen LogP contribution in [0, 0.1) is 0 Å². The van der Waals surface area contributed by atoms with E-state index in [0.717, 1.165) is 36.0 Å². The van der Waals surface area contributed by atoms with Crippen molar-refractivity contribution in [2.45, 2.75) is 51.8 Å². The van der Waals surface area contributed by atoms with Crippen LogP contribution in [0.2, 0.25) is 0 Å². The minimum absolute atomic E-state index is 0.209. The fourth-order valence-electron chi connectivity index (χ4n) is 3.83. The summed E-state index contributed by atoms with van der Waals surface area (Å²) in [5.74, 6) is 0.910. The van der Waals surface area contributed by atoms with Crippen molar-refractivity contribution in [1.82, 2.24) is 20.1 Å². The second-order valence-electron chi connectivity index (χ2n) is 9.01. The van der Waals surface area contributed by atoms with Crippen LogP contribution in [0.25, 0.3) is 0 Å². The van der Waals surface area contributed by atoms with Crippen LogP contribution in [0.3, 0.4) is 0 Å². The number of nitrogens with one attached hydrogen (secondary N) is 1. The number of ether oxygens (including phenoxy) is 1. The number of nitrogens with zero attached hydrogens (tertiary/aromatic N) is 4. The molecule has 0 aliphatic carbocycles. The zero-order valence-corrected chi connectivity index (χ0v) is 19.3. The van der Waals surface area contributed by atoms with Gasteiger partial charge in [0, 0.05) is 31.4 Å². The molecular formula is C23H31N5O2S. The largest absolute Gasteiger partial charge is 0.444 e. The fourth-order valence-corrected chi connectivity index (χ4v) is 4.63. The Morgan fingerprint density at radius 1 is 1.23 bits per heavy atom. The summed E-state index contributed by atoms with van der Waals surface area (Å²) < 4.78 is 5.52. The molecule has 1 aromatic heterocycles. The molecule has 1 saturated heterocycles. The van der Waals surface area contributed by atoms with Gasteiger partial charge in [-0.15, -0.1) is 11.3 Å². The van der Waals surface area contributed by atoms with Crippen LogP contribution in [0.15, 0.2) is 40.7 Å². The van der Waals surface area contributed by atoms with E-state index >= 15 is 0 Å². The third-order valence-corrected chi connectivity index (χ3v) is 6.31. The van der Waals surface area contributed by atoms with Crippen molar-refractivity contribution in [2.24, 2.45) is 4.99 Å². The Balaban J connectivity index is 1.24.